The highest BCUT2D eigenvalue weighted by molar-refractivity contribution is 6.65. The van der Waals surface area contributed by atoms with E-state index in [1.54, 1.807) is 4.90 Å². The number of hydrogen-bond donors (Lipinski definition) is 0. The topological polar surface area (TPSA) is 53.3 Å². The molecule has 5 heteroatoms. The van der Waals surface area contributed by atoms with Crippen molar-refractivity contribution in [3.05, 3.63) is 12.7 Å². The molecule has 1 aliphatic rings. The second-order valence-electron chi connectivity index (χ2n) is 4.99. The van der Waals surface area contributed by atoms with Gasteiger partial charge in [0.05, 0.1) is 12.1 Å². The van der Waals surface area contributed by atoms with Crippen LogP contribution in [0.1, 0.15) is 26.7 Å². The van der Waals surface area contributed by atoms with Gasteiger partial charge in [0.1, 0.15) is 6.23 Å². The molecule has 98 valence electrons. The van der Waals surface area contributed by atoms with Crippen molar-refractivity contribution in [3.63, 3.8) is 0 Å². The van der Waals surface area contributed by atoms with Crippen molar-refractivity contribution in [1.29, 1.82) is 5.26 Å². The lowest BCUT2D eigenvalue weighted by atomic mass is 9.50. The monoisotopic (exact) mass is 248 g/mol. The fraction of sp³-hybridized carbons (Fsp3) is 0.692. The van der Waals surface area contributed by atoms with Gasteiger partial charge in [-0.2, -0.15) is 0 Å². The smallest absolute Gasteiger partial charge is 0.264 e. The molecule has 0 aromatic rings. The minimum absolute atomic E-state index is 0.0245. The largest absolute Gasteiger partial charge is 0.350 e. The number of ether oxygens (including phenoxy) is 1. The summed E-state index contributed by atoms with van der Waals surface area (Å²) < 4.78 is 5.98. The number of nitriles is 1. The summed E-state index contributed by atoms with van der Waals surface area (Å²) in [4.78, 5) is 13.4. The summed E-state index contributed by atoms with van der Waals surface area (Å²) >= 11 is 0. The van der Waals surface area contributed by atoms with Crippen LogP contribution in [-0.2, 0) is 9.53 Å². The normalized spacial score (nSPS) is 26.8. The number of amides is 1. The molecule has 0 N–H and O–H groups in total. The average molecular weight is 248 g/mol. The number of rotatable bonds is 5. The SMILES string of the molecule is C=CC(=O)N1CC(CC)(CCB(C)C#N)OC1C. The van der Waals surface area contributed by atoms with Gasteiger partial charge in [0, 0.05) is 5.97 Å². The maximum atomic E-state index is 11.7. The highest BCUT2D eigenvalue weighted by Crippen LogP contribution is 2.33. The maximum absolute atomic E-state index is 11.7. The van der Waals surface area contributed by atoms with Crippen molar-refractivity contribution in [2.24, 2.45) is 0 Å². The van der Waals surface area contributed by atoms with E-state index < -0.39 is 0 Å². The highest BCUT2D eigenvalue weighted by Gasteiger charge is 2.43. The first-order valence-corrected chi connectivity index (χ1v) is 6.48. The van der Waals surface area contributed by atoms with Gasteiger partial charge in [0.25, 0.3) is 6.71 Å². The maximum Gasteiger partial charge on any atom is 0.264 e. The fourth-order valence-corrected chi connectivity index (χ4v) is 2.33. The van der Waals surface area contributed by atoms with Crippen LogP contribution in [0.4, 0.5) is 0 Å². The molecule has 4 nitrogen and oxygen atoms in total. The van der Waals surface area contributed by atoms with E-state index in [0.29, 0.717) is 6.54 Å². The second kappa shape index (κ2) is 6.06. The number of carbonyl (C=O) groups excluding carboxylic acids is 1. The van der Waals surface area contributed by atoms with Gasteiger partial charge in [-0.3, -0.25) is 4.79 Å². The summed E-state index contributed by atoms with van der Waals surface area (Å²) in [5.41, 5.74) is -0.302. The standard InChI is InChI=1S/C13H21BN2O2/c1-5-12(17)16-9-13(6-2,18-11(16)3)7-8-14(4)10-15/h5,11H,1,6-9H2,2-4H3. The zero-order valence-electron chi connectivity index (χ0n) is 11.5. The molecule has 1 amide bonds. The third-order valence-electron chi connectivity index (χ3n) is 3.67. The van der Waals surface area contributed by atoms with Crippen molar-refractivity contribution in [3.8, 4) is 5.97 Å². The van der Waals surface area contributed by atoms with Gasteiger partial charge in [-0.05, 0) is 25.8 Å². The molecule has 1 aliphatic heterocycles. The third-order valence-corrected chi connectivity index (χ3v) is 3.67. The van der Waals surface area contributed by atoms with E-state index in [-0.39, 0.29) is 24.4 Å². The Hall–Kier alpha value is -1.28. The molecule has 0 saturated carbocycles. The predicted octanol–water partition coefficient (Wildman–Crippen LogP) is 2.10. The van der Waals surface area contributed by atoms with Crippen molar-refractivity contribution >= 4 is 12.6 Å². The molecule has 1 heterocycles. The molecule has 1 saturated heterocycles. The Morgan fingerprint density at radius 1 is 1.78 bits per heavy atom. The molecular weight excluding hydrogens is 227 g/mol. The Bertz CT molecular complexity index is 366. The van der Waals surface area contributed by atoms with Crippen LogP contribution in [0.25, 0.3) is 0 Å². The van der Waals surface area contributed by atoms with Crippen molar-refractivity contribution < 1.29 is 9.53 Å². The Morgan fingerprint density at radius 2 is 2.44 bits per heavy atom. The molecule has 0 radical (unpaired) electrons. The Labute approximate surface area is 110 Å². The van der Waals surface area contributed by atoms with Crippen LogP contribution in [0.2, 0.25) is 13.1 Å². The lowest BCUT2D eigenvalue weighted by Gasteiger charge is -2.26. The molecule has 0 bridgehead atoms. The lowest BCUT2D eigenvalue weighted by molar-refractivity contribution is -0.130. The molecular formula is C13H21BN2O2. The molecule has 0 aliphatic carbocycles. The second-order valence-corrected chi connectivity index (χ2v) is 4.99. The number of hydrogen-bond acceptors (Lipinski definition) is 3. The molecule has 2 unspecified atom stereocenters. The van der Waals surface area contributed by atoms with Gasteiger partial charge in [0.2, 0.25) is 5.91 Å². The quantitative estimate of drug-likeness (QED) is 0.553. The van der Waals surface area contributed by atoms with E-state index >= 15 is 0 Å². The first-order chi connectivity index (χ1) is 8.48. The first-order valence-electron chi connectivity index (χ1n) is 6.48. The van der Waals surface area contributed by atoms with E-state index in [0.717, 1.165) is 19.2 Å². The number of nitrogens with zero attached hydrogens (tertiary/aromatic N) is 2. The van der Waals surface area contributed by atoms with E-state index in [2.05, 4.69) is 19.5 Å². The van der Waals surface area contributed by atoms with Crippen LogP contribution in [0.3, 0.4) is 0 Å². The van der Waals surface area contributed by atoms with Crippen LogP contribution < -0.4 is 0 Å². The summed E-state index contributed by atoms with van der Waals surface area (Å²) in [5, 5.41) is 8.83. The van der Waals surface area contributed by atoms with E-state index in [1.165, 1.54) is 6.08 Å². The van der Waals surface area contributed by atoms with Crippen LogP contribution >= 0.6 is 0 Å². The van der Waals surface area contributed by atoms with Crippen LogP contribution in [0, 0.1) is 11.2 Å². The van der Waals surface area contributed by atoms with E-state index in [1.807, 2.05) is 13.7 Å². The molecule has 18 heavy (non-hydrogen) atoms. The van der Waals surface area contributed by atoms with Crippen molar-refractivity contribution in [1.82, 2.24) is 4.90 Å². The predicted molar refractivity (Wildman–Crippen MR) is 72.1 cm³/mol. The number of carbonyl (C=O) groups is 1. The van der Waals surface area contributed by atoms with Crippen LogP contribution in [0.15, 0.2) is 12.7 Å². The van der Waals surface area contributed by atoms with Crippen LogP contribution in [0.5, 0.6) is 0 Å². The van der Waals surface area contributed by atoms with E-state index in [4.69, 9.17) is 10.00 Å². The summed E-state index contributed by atoms with van der Waals surface area (Å²) in [6.45, 7) is 9.98. The Morgan fingerprint density at radius 3 is 2.94 bits per heavy atom. The summed E-state index contributed by atoms with van der Waals surface area (Å²) in [6.07, 6.45) is 3.56. The zero-order chi connectivity index (χ0) is 13.8. The van der Waals surface area contributed by atoms with Gasteiger partial charge in [0.15, 0.2) is 0 Å². The summed E-state index contributed by atoms with van der Waals surface area (Å²) in [6, 6.07) is 0. The lowest BCUT2D eigenvalue weighted by Crippen LogP contribution is -2.37. The van der Waals surface area contributed by atoms with Gasteiger partial charge < -0.3 is 9.64 Å². The molecule has 0 spiro atoms. The minimum Gasteiger partial charge on any atom is -0.350 e. The van der Waals surface area contributed by atoms with Crippen LogP contribution in [-0.4, -0.2) is 35.9 Å². The van der Waals surface area contributed by atoms with E-state index in [9.17, 15) is 4.79 Å². The Balaban J connectivity index is 2.70. The summed E-state index contributed by atoms with van der Waals surface area (Å²) in [7, 11) is 0. The zero-order valence-corrected chi connectivity index (χ0v) is 11.5. The van der Waals surface area contributed by atoms with Gasteiger partial charge in [-0.1, -0.05) is 26.6 Å². The van der Waals surface area contributed by atoms with Gasteiger partial charge in [-0.15, -0.1) is 0 Å². The molecule has 1 fully saturated rings. The summed E-state index contributed by atoms with van der Waals surface area (Å²) in [5.74, 6) is 2.14. The van der Waals surface area contributed by atoms with Gasteiger partial charge >= 0.3 is 0 Å². The molecule has 0 aromatic heterocycles. The molecule has 0 aromatic carbocycles. The average Bonchev–Trinajstić information content (AvgIpc) is 2.73. The Kier molecular flexibility index (Phi) is 4.98. The van der Waals surface area contributed by atoms with Crippen molar-refractivity contribution in [2.45, 2.75) is 51.7 Å². The molecule has 1 rings (SSSR count). The first kappa shape index (κ1) is 14.8. The fourth-order valence-electron chi connectivity index (χ4n) is 2.33. The van der Waals surface area contributed by atoms with Gasteiger partial charge in [-0.25, -0.2) is 5.26 Å². The van der Waals surface area contributed by atoms with Crippen molar-refractivity contribution in [2.75, 3.05) is 6.54 Å². The minimum atomic E-state index is -0.302. The molecule has 2 atom stereocenters. The highest BCUT2D eigenvalue weighted by atomic mass is 16.5. The third kappa shape index (κ3) is 3.14.